The van der Waals surface area contributed by atoms with E-state index in [4.69, 9.17) is 9.90 Å². The molecule has 2 unspecified atom stereocenters. The number of hydrogen-bond donors (Lipinski definition) is 2. The summed E-state index contributed by atoms with van der Waals surface area (Å²) in [5.41, 5.74) is 0. The highest BCUT2D eigenvalue weighted by atomic mass is 32.2. The molecule has 13 heteroatoms. The predicted molar refractivity (Wildman–Crippen MR) is 132 cm³/mol. The van der Waals surface area contributed by atoms with E-state index in [1.165, 1.54) is 10.7 Å². The number of halogens is 3. The molecule has 2 saturated heterocycles. The van der Waals surface area contributed by atoms with E-state index in [9.17, 15) is 26.4 Å². The van der Waals surface area contributed by atoms with Crippen molar-refractivity contribution < 1.29 is 36.3 Å². The van der Waals surface area contributed by atoms with Gasteiger partial charge >= 0.3 is 12.1 Å². The molecule has 1 amide bonds. The van der Waals surface area contributed by atoms with Crippen molar-refractivity contribution in [2.75, 3.05) is 58.9 Å². The van der Waals surface area contributed by atoms with E-state index < -0.39 is 22.2 Å². The van der Waals surface area contributed by atoms with Crippen molar-refractivity contribution >= 4 is 21.9 Å². The highest BCUT2D eigenvalue weighted by Gasteiger charge is 2.38. The number of aliphatic carboxylic acids is 1. The number of sulfonamides is 1. The molecule has 2 heterocycles. The molecule has 1 aromatic rings. The minimum absolute atomic E-state index is 0.0324. The molecule has 0 radical (unpaired) electrons. The summed E-state index contributed by atoms with van der Waals surface area (Å²) < 4.78 is 59.8. The average molecular weight is 551 g/mol. The largest absolute Gasteiger partial charge is 0.490 e. The second kappa shape index (κ2) is 14.1. The number of nitrogens with one attached hydrogen (secondary N) is 1. The van der Waals surface area contributed by atoms with Crippen molar-refractivity contribution in [2.45, 2.75) is 37.8 Å². The number of piperidine rings is 1. The van der Waals surface area contributed by atoms with Crippen LogP contribution in [-0.4, -0.2) is 105 Å². The Morgan fingerprint density at radius 3 is 2.11 bits per heavy atom. The normalized spacial score (nSPS) is 21.3. The molecule has 2 atom stereocenters. The summed E-state index contributed by atoms with van der Waals surface area (Å²) in [6, 6.07) is 8.56. The fourth-order valence-corrected chi connectivity index (χ4v) is 6.07. The second-order valence-corrected chi connectivity index (χ2v) is 11.5. The molecule has 2 aliphatic rings. The van der Waals surface area contributed by atoms with Crippen LogP contribution >= 0.6 is 0 Å². The molecule has 0 saturated carbocycles. The fraction of sp³-hybridized carbons (Fsp3) is 0.667. The quantitative estimate of drug-likeness (QED) is 0.510. The number of amides is 1. The van der Waals surface area contributed by atoms with Gasteiger partial charge in [-0.2, -0.15) is 17.5 Å². The number of hydrogen-bond acceptors (Lipinski definition) is 6. The zero-order valence-electron chi connectivity index (χ0n) is 21.3. The average Bonchev–Trinajstić information content (AvgIpc) is 2.84. The van der Waals surface area contributed by atoms with E-state index in [2.05, 4.69) is 24.1 Å². The summed E-state index contributed by atoms with van der Waals surface area (Å²) in [6.45, 7) is 10.8. The Bertz CT molecular complexity index is 962. The molecule has 2 fully saturated rings. The number of piperazine rings is 1. The zero-order valence-corrected chi connectivity index (χ0v) is 22.1. The third kappa shape index (κ3) is 10.2. The van der Waals surface area contributed by atoms with Crippen molar-refractivity contribution in [1.29, 1.82) is 0 Å². The summed E-state index contributed by atoms with van der Waals surface area (Å²) in [5, 5.41) is 10.4. The molecule has 0 spiro atoms. The third-order valence-corrected chi connectivity index (χ3v) is 8.19. The fourth-order valence-electron chi connectivity index (χ4n) is 4.61. The zero-order chi connectivity index (χ0) is 27.6. The van der Waals surface area contributed by atoms with Gasteiger partial charge < -0.3 is 20.2 Å². The molecule has 3 rings (SSSR count). The lowest BCUT2D eigenvalue weighted by atomic mass is 9.92. The van der Waals surface area contributed by atoms with Crippen LogP contribution in [0.5, 0.6) is 0 Å². The molecular formula is C24H37F3N4O5S. The van der Waals surface area contributed by atoms with E-state index >= 15 is 0 Å². The predicted octanol–water partition coefficient (Wildman–Crippen LogP) is 2.11. The van der Waals surface area contributed by atoms with Crippen LogP contribution in [0.3, 0.4) is 0 Å². The number of alkyl halides is 3. The lowest BCUT2D eigenvalue weighted by molar-refractivity contribution is -0.192. The van der Waals surface area contributed by atoms with Gasteiger partial charge in [-0.05, 0) is 30.4 Å². The second-order valence-electron chi connectivity index (χ2n) is 9.61. The van der Waals surface area contributed by atoms with Gasteiger partial charge in [0.05, 0.1) is 4.90 Å². The topological polar surface area (TPSA) is 110 Å². The molecule has 0 aromatic heterocycles. The Kier molecular flexibility index (Phi) is 11.8. The number of carbonyl (C=O) groups excluding carboxylic acids is 1. The highest BCUT2D eigenvalue weighted by Crippen LogP contribution is 2.22. The first-order valence-electron chi connectivity index (χ1n) is 12.4. The number of benzene rings is 1. The van der Waals surface area contributed by atoms with Crippen LogP contribution in [0.1, 0.15) is 26.7 Å². The maximum absolute atomic E-state index is 13.3. The minimum atomic E-state index is -5.08. The lowest BCUT2D eigenvalue weighted by Gasteiger charge is -2.36. The van der Waals surface area contributed by atoms with Gasteiger partial charge in [0.1, 0.15) is 0 Å². The van der Waals surface area contributed by atoms with Gasteiger partial charge in [-0.3, -0.25) is 4.79 Å². The molecule has 2 N–H and O–H groups in total. The van der Waals surface area contributed by atoms with E-state index in [0.29, 0.717) is 42.9 Å². The summed E-state index contributed by atoms with van der Waals surface area (Å²) in [6.07, 6.45) is -3.64. The van der Waals surface area contributed by atoms with Gasteiger partial charge in [-0.25, -0.2) is 13.2 Å². The molecule has 37 heavy (non-hydrogen) atoms. The number of rotatable bonds is 8. The van der Waals surface area contributed by atoms with Crippen molar-refractivity contribution in [2.24, 2.45) is 11.8 Å². The molecule has 0 aliphatic carbocycles. The standard InChI is InChI=1S/C22H36N4O3S.C2HF3O2/c1-19-16-20(2)18-24(17-19)14-15-26(30(28,29)21-6-4-3-5-7-21)11-8-22(27)25-12-9-23-10-13-25;3-2(4,5)1(6)7/h3-7,19-20,23H,8-18H2,1-2H3;(H,6,7). The molecule has 210 valence electrons. The highest BCUT2D eigenvalue weighted by molar-refractivity contribution is 7.89. The van der Waals surface area contributed by atoms with E-state index in [-0.39, 0.29) is 18.9 Å². The Labute approximate surface area is 216 Å². The maximum Gasteiger partial charge on any atom is 0.490 e. The minimum Gasteiger partial charge on any atom is -0.475 e. The van der Waals surface area contributed by atoms with Crippen LogP contribution in [0.4, 0.5) is 13.2 Å². The summed E-state index contributed by atoms with van der Waals surface area (Å²) in [7, 11) is -3.63. The van der Waals surface area contributed by atoms with Crippen LogP contribution in [0.15, 0.2) is 35.2 Å². The third-order valence-electron chi connectivity index (χ3n) is 6.28. The first-order chi connectivity index (χ1) is 17.3. The maximum atomic E-state index is 13.3. The smallest absolute Gasteiger partial charge is 0.475 e. The van der Waals surface area contributed by atoms with Crippen LogP contribution in [0.2, 0.25) is 0 Å². The number of carboxylic acids is 1. The van der Waals surface area contributed by atoms with Gasteiger partial charge in [-0.1, -0.05) is 32.0 Å². The van der Waals surface area contributed by atoms with Crippen LogP contribution in [0.25, 0.3) is 0 Å². The first kappa shape index (κ1) is 31.0. The molecule has 1 aromatic carbocycles. The number of nitrogens with zero attached hydrogens (tertiary/aromatic N) is 3. The van der Waals surface area contributed by atoms with Crippen LogP contribution in [0, 0.1) is 11.8 Å². The van der Waals surface area contributed by atoms with Gasteiger partial charge in [0.2, 0.25) is 15.9 Å². The molecule has 9 nitrogen and oxygen atoms in total. The van der Waals surface area contributed by atoms with E-state index in [0.717, 1.165) is 26.2 Å². The SMILES string of the molecule is CC1CC(C)CN(CCN(CCC(=O)N2CCNCC2)S(=O)(=O)c2ccccc2)C1.O=C(O)C(F)(F)F. The monoisotopic (exact) mass is 550 g/mol. The van der Waals surface area contributed by atoms with Crippen molar-refractivity contribution in [3.8, 4) is 0 Å². The summed E-state index contributed by atoms with van der Waals surface area (Å²) in [5.74, 6) is -1.47. The van der Waals surface area contributed by atoms with Gasteiger partial charge in [0, 0.05) is 65.3 Å². The Balaban J connectivity index is 0.000000604. The van der Waals surface area contributed by atoms with Crippen LogP contribution in [-0.2, 0) is 19.6 Å². The number of likely N-dealkylation sites (tertiary alicyclic amines) is 1. The van der Waals surface area contributed by atoms with Gasteiger partial charge in [0.25, 0.3) is 0 Å². The Morgan fingerprint density at radius 1 is 1.05 bits per heavy atom. The summed E-state index contributed by atoms with van der Waals surface area (Å²) in [4.78, 5) is 26.0. The van der Waals surface area contributed by atoms with Crippen molar-refractivity contribution in [1.82, 2.24) is 19.4 Å². The molecular weight excluding hydrogens is 513 g/mol. The summed E-state index contributed by atoms with van der Waals surface area (Å²) >= 11 is 0. The van der Waals surface area contributed by atoms with E-state index in [1.54, 1.807) is 24.3 Å². The first-order valence-corrected chi connectivity index (χ1v) is 13.8. The molecule has 2 aliphatic heterocycles. The van der Waals surface area contributed by atoms with Crippen molar-refractivity contribution in [3.63, 3.8) is 0 Å². The van der Waals surface area contributed by atoms with Crippen molar-refractivity contribution in [3.05, 3.63) is 30.3 Å². The molecule has 0 bridgehead atoms. The number of carbonyl (C=O) groups is 2. The van der Waals surface area contributed by atoms with Gasteiger partial charge in [-0.15, -0.1) is 0 Å². The number of carboxylic acid groups (broad SMARTS) is 1. The van der Waals surface area contributed by atoms with E-state index in [1.807, 2.05) is 11.0 Å². The lowest BCUT2D eigenvalue weighted by Crippen LogP contribution is -2.48. The van der Waals surface area contributed by atoms with Crippen LogP contribution < -0.4 is 5.32 Å². The Hall–Kier alpha value is -2.22. The van der Waals surface area contributed by atoms with Gasteiger partial charge in [0.15, 0.2) is 0 Å². The Morgan fingerprint density at radius 2 is 1.59 bits per heavy atom.